The molecule has 2 rings (SSSR count). The Bertz CT molecular complexity index is 185. The SMILES string of the molecule is CCN1CC(C)(C)NCC1C1CC1. The summed E-state index contributed by atoms with van der Waals surface area (Å²) in [6, 6.07) is 0.832. The minimum absolute atomic E-state index is 0.321. The summed E-state index contributed by atoms with van der Waals surface area (Å²) in [6.45, 7) is 10.5. The highest BCUT2D eigenvalue weighted by atomic mass is 15.3. The van der Waals surface area contributed by atoms with Gasteiger partial charge in [-0.15, -0.1) is 0 Å². The quantitative estimate of drug-likeness (QED) is 0.695. The van der Waals surface area contributed by atoms with Gasteiger partial charge < -0.3 is 5.32 Å². The van der Waals surface area contributed by atoms with Gasteiger partial charge in [0.05, 0.1) is 0 Å². The van der Waals surface area contributed by atoms with Gasteiger partial charge in [0.2, 0.25) is 0 Å². The molecule has 76 valence electrons. The highest BCUT2D eigenvalue weighted by Gasteiger charge is 2.39. The molecule has 0 radical (unpaired) electrons. The van der Waals surface area contributed by atoms with Gasteiger partial charge in [0.15, 0.2) is 0 Å². The summed E-state index contributed by atoms with van der Waals surface area (Å²) >= 11 is 0. The van der Waals surface area contributed by atoms with Crippen LogP contribution in [0.5, 0.6) is 0 Å². The lowest BCUT2D eigenvalue weighted by atomic mass is 9.97. The summed E-state index contributed by atoms with van der Waals surface area (Å²) in [6.07, 6.45) is 2.92. The van der Waals surface area contributed by atoms with Crippen molar-refractivity contribution in [1.82, 2.24) is 10.2 Å². The third kappa shape index (κ3) is 2.05. The molecule has 0 aromatic carbocycles. The van der Waals surface area contributed by atoms with Crippen LogP contribution in [0, 0.1) is 5.92 Å². The second kappa shape index (κ2) is 3.25. The zero-order valence-corrected chi connectivity index (χ0v) is 9.14. The van der Waals surface area contributed by atoms with Gasteiger partial charge in [-0.3, -0.25) is 4.90 Å². The Morgan fingerprint density at radius 2 is 2.08 bits per heavy atom. The molecule has 0 bridgehead atoms. The fraction of sp³-hybridized carbons (Fsp3) is 1.00. The van der Waals surface area contributed by atoms with Crippen LogP contribution in [-0.2, 0) is 0 Å². The van der Waals surface area contributed by atoms with Crippen LogP contribution in [0.2, 0.25) is 0 Å². The van der Waals surface area contributed by atoms with E-state index in [4.69, 9.17) is 0 Å². The second-order valence-corrected chi connectivity index (χ2v) is 5.23. The van der Waals surface area contributed by atoms with Crippen molar-refractivity contribution in [2.24, 2.45) is 5.92 Å². The molecular formula is C11H22N2. The summed E-state index contributed by atoms with van der Waals surface area (Å²) in [5.41, 5.74) is 0.321. The van der Waals surface area contributed by atoms with Crippen molar-refractivity contribution in [2.45, 2.75) is 45.2 Å². The first-order chi connectivity index (χ1) is 6.12. The van der Waals surface area contributed by atoms with E-state index in [9.17, 15) is 0 Å². The van der Waals surface area contributed by atoms with Crippen molar-refractivity contribution >= 4 is 0 Å². The molecule has 2 aliphatic rings. The predicted molar refractivity (Wildman–Crippen MR) is 55.8 cm³/mol. The summed E-state index contributed by atoms with van der Waals surface area (Å²) in [4.78, 5) is 2.66. The van der Waals surface area contributed by atoms with Crippen molar-refractivity contribution in [3.63, 3.8) is 0 Å². The molecular weight excluding hydrogens is 160 g/mol. The Morgan fingerprint density at radius 3 is 2.62 bits per heavy atom. The third-order valence-corrected chi connectivity index (χ3v) is 3.43. The molecule has 0 aromatic heterocycles. The van der Waals surface area contributed by atoms with Gasteiger partial charge in [0.1, 0.15) is 0 Å². The van der Waals surface area contributed by atoms with Gasteiger partial charge in [-0.25, -0.2) is 0 Å². The summed E-state index contributed by atoms with van der Waals surface area (Å²) in [7, 11) is 0. The minimum Gasteiger partial charge on any atom is -0.309 e. The largest absolute Gasteiger partial charge is 0.309 e. The molecule has 0 amide bonds. The molecule has 1 saturated heterocycles. The Kier molecular flexibility index (Phi) is 2.37. The molecule has 1 heterocycles. The average Bonchev–Trinajstić information content (AvgIpc) is 2.86. The Morgan fingerprint density at radius 1 is 1.38 bits per heavy atom. The number of hydrogen-bond donors (Lipinski definition) is 1. The van der Waals surface area contributed by atoms with Gasteiger partial charge in [-0.2, -0.15) is 0 Å². The fourth-order valence-corrected chi connectivity index (χ4v) is 2.48. The van der Waals surface area contributed by atoms with Crippen LogP contribution in [0.4, 0.5) is 0 Å². The molecule has 1 aliphatic carbocycles. The molecule has 1 saturated carbocycles. The van der Waals surface area contributed by atoms with Crippen molar-refractivity contribution in [3.05, 3.63) is 0 Å². The molecule has 0 aromatic rings. The van der Waals surface area contributed by atoms with Crippen molar-refractivity contribution < 1.29 is 0 Å². The molecule has 0 spiro atoms. The minimum atomic E-state index is 0.321. The van der Waals surface area contributed by atoms with Gasteiger partial charge in [-0.05, 0) is 39.2 Å². The van der Waals surface area contributed by atoms with Crippen LogP contribution in [0.25, 0.3) is 0 Å². The van der Waals surface area contributed by atoms with E-state index in [1.54, 1.807) is 0 Å². The monoisotopic (exact) mass is 182 g/mol. The topological polar surface area (TPSA) is 15.3 Å². The molecule has 2 fully saturated rings. The van der Waals surface area contributed by atoms with E-state index in [-0.39, 0.29) is 0 Å². The van der Waals surface area contributed by atoms with Crippen LogP contribution in [0.3, 0.4) is 0 Å². The molecule has 1 N–H and O–H groups in total. The van der Waals surface area contributed by atoms with E-state index < -0.39 is 0 Å². The maximum Gasteiger partial charge on any atom is 0.0252 e. The molecule has 1 atom stereocenters. The number of piperazine rings is 1. The average molecular weight is 182 g/mol. The van der Waals surface area contributed by atoms with Gasteiger partial charge >= 0.3 is 0 Å². The zero-order valence-electron chi connectivity index (χ0n) is 9.14. The van der Waals surface area contributed by atoms with E-state index in [0.29, 0.717) is 5.54 Å². The summed E-state index contributed by atoms with van der Waals surface area (Å²) < 4.78 is 0. The highest BCUT2D eigenvalue weighted by molar-refractivity contribution is 4.97. The summed E-state index contributed by atoms with van der Waals surface area (Å²) in [5.74, 6) is 1.00. The number of rotatable bonds is 2. The highest BCUT2D eigenvalue weighted by Crippen LogP contribution is 2.36. The number of hydrogen-bond acceptors (Lipinski definition) is 2. The molecule has 13 heavy (non-hydrogen) atoms. The third-order valence-electron chi connectivity index (χ3n) is 3.43. The van der Waals surface area contributed by atoms with E-state index in [1.165, 1.54) is 32.5 Å². The maximum absolute atomic E-state index is 3.65. The van der Waals surface area contributed by atoms with E-state index in [2.05, 4.69) is 31.0 Å². The molecule has 1 unspecified atom stereocenters. The van der Waals surface area contributed by atoms with Crippen molar-refractivity contribution in [3.8, 4) is 0 Å². The first kappa shape index (κ1) is 9.47. The number of nitrogens with one attached hydrogen (secondary N) is 1. The zero-order chi connectivity index (χ0) is 9.47. The van der Waals surface area contributed by atoms with E-state index >= 15 is 0 Å². The van der Waals surface area contributed by atoms with Crippen LogP contribution in [-0.4, -0.2) is 36.1 Å². The van der Waals surface area contributed by atoms with E-state index in [1.807, 2.05) is 0 Å². The fourth-order valence-electron chi connectivity index (χ4n) is 2.48. The Balaban J connectivity index is 1.98. The van der Waals surface area contributed by atoms with Crippen LogP contribution >= 0.6 is 0 Å². The lowest BCUT2D eigenvalue weighted by molar-refractivity contribution is 0.0883. The number of likely N-dealkylation sites (N-methyl/N-ethyl adjacent to an activating group) is 1. The van der Waals surface area contributed by atoms with Gasteiger partial charge in [-0.1, -0.05) is 6.92 Å². The van der Waals surface area contributed by atoms with Crippen LogP contribution in [0.1, 0.15) is 33.6 Å². The van der Waals surface area contributed by atoms with Gasteiger partial charge in [0, 0.05) is 24.7 Å². The van der Waals surface area contributed by atoms with Crippen LogP contribution in [0.15, 0.2) is 0 Å². The second-order valence-electron chi connectivity index (χ2n) is 5.23. The molecule has 2 nitrogen and oxygen atoms in total. The smallest absolute Gasteiger partial charge is 0.0252 e. The lowest BCUT2D eigenvalue weighted by Gasteiger charge is -2.44. The maximum atomic E-state index is 3.65. The van der Waals surface area contributed by atoms with Crippen LogP contribution < -0.4 is 5.32 Å². The Hall–Kier alpha value is -0.0800. The molecule has 1 aliphatic heterocycles. The standard InChI is InChI=1S/C11H22N2/c1-4-13-8-11(2,3)12-7-10(13)9-5-6-9/h9-10,12H,4-8H2,1-3H3. The predicted octanol–water partition coefficient (Wildman–Crippen LogP) is 1.47. The summed E-state index contributed by atoms with van der Waals surface area (Å²) in [5, 5.41) is 3.65. The van der Waals surface area contributed by atoms with Gasteiger partial charge in [0.25, 0.3) is 0 Å². The first-order valence-electron chi connectivity index (χ1n) is 5.61. The number of nitrogens with zero attached hydrogens (tertiary/aromatic N) is 1. The first-order valence-corrected chi connectivity index (χ1v) is 5.61. The van der Waals surface area contributed by atoms with E-state index in [0.717, 1.165) is 12.0 Å². The molecule has 2 heteroatoms. The normalized spacial score (nSPS) is 34.8. The Labute approximate surface area is 81.7 Å². The van der Waals surface area contributed by atoms with Crippen molar-refractivity contribution in [2.75, 3.05) is 19.6 Å². The lowest BCUT2D eigenvalue weighted by Crippen LogP contribution is -2.62. The van der Waals surface area contributed by atoms with Crippen molar-refractivity contribution in [1.29, 1.82) is 0 Å².